The Morgan fingerprint density at radius 3 is 2.44 bits per heavy atom. The molecule has 136 valence electrons. The number of esters is 1. The molecule has 1 amide bonds. The van der Waals surface area contributed by atoms with E-state index in [9.17, 15) is 9.59 Å². The summed E-state index contributed by atoms with van der Waals surface area (Å²) in [4.78, 5) is 28.6. The third kappa shape index (κ3) is 4.49. The zero-order chi connectivity index (χ0) is 19.2. The molecule has 0 atom stereocenters. The molecule has 6 nitrogen and oxygen atoms in total. The molecule has 0 saturated carbocycles. The van der Waals surface area contributed by atoms with E-state index in [4.69, 9.17) is 4.74 Å². The fourth-order valence-electron chi connectivity index (χ4n) is 2.51. The van der Waals surface area contributed by atoms with E-state index >= 15 is 0 Å². The monoisotopic (exact) mass is 361 g/mol. The average molecular weight is 361 g/mol. The Kier molecular flexibility index (Phi) is 5.47. The van der Waals surface area contributed by atoms with E-state index in [1.165, 1.54) is 13.3 Å². The number of para-hydroxylation sites is 1. The van der Waals surface area contributed by atoms with Gasteiger partial charge in [-0.3, -0.25) is 9.78 Å². The van der Waals surface area contributed by atoms with E-state index in [0.29, 0.717) is 16.9 Å². The summed E-state index contributed by atoms with van der Waals surface area (Å²) in [5, 5.41) is 5.95. The Morgan fingerprint density at radius 1 is 0.963 bits per heavy atom. The van der Waals surface area contributed by atoms with Crippen molar-refractivity contribution in [1.29, 1.82) is 0 Å². The number of hydrogen-bond acceptors (Lipinski definition) is 5. The van der Waals surface area contributed by atoms with Crippen LogP contribution >= 0.6 is 0 Å². The number of hydrogen-bond donors (Lipinski definition) is 2. The highest BCUT2D eigenvalue weighted by Crippen LogP contribution is 2.20. The Balaban J connectivity index is 1.78. The van der Waals surface area contributed by atoms with Crippen molar-refractivity contribution in [3.05, 3.63) is 83.7 Å². The van der Waals surface area contributed by atoms with Crippen molar-refractivity contribution >= 4 is 28.9 Å². The molecule has 3 aromatic rings. The van der Waals surface area contributed by atoms with E-state index < -0.39 is 5.97 Å². The number of nitrogens with one attached hydrogen (secondary N) is 2. The van der Waals surface area contributed by atoms with Crippen molar-refractivity contribution in [3.63, 3.8) is 0 Å². The average Bonchev–Trinajstić information content (AvgIpc) is 2.70. The Labute approximate surface area is 157 Å². The van der Waals surface area contributed by atoms with Gasteiger partial charge in [-0.15, -0.1) is 0 Å². The molecule has 3 rings (SSSR count). The number of aryl methyl sites for hydroxylation is 1. The molecule has 0 bridgehead atoms. The first-order chi connectivity index (χ1) is 13.1. The lowest BCUT2D eigenvalue weighted by atomic mass is 10.1. The smallest absolute Gasteiger partial charge is 0.339 e. The van der Waals surface area contributed by atoms with E-state index in [1.807, 2.05) is 31.2 Å². The third-order valence-electron chi connectivity index (χ3n) is 3.92. The first-order valence-corrected chi connectivity index (χ1v) is 8.34. The first-order valence-electron chi connectivity index (χ1n) is 8.34. The molecule has 1 heterocycles. The van der Waals surface area contributed by atoms with E-state index in [-0.39, 0.29) is 11.5 Å². The van der Waals surface area contributed by atoms with E-state index in [1.54, 1.807) is 36.5 Å². The lowest BCUT2D eigenvalue weighted by molar-refractivity contribution is 0.0602. The lowest BCUT2D eigenvalue weighted by Crippen LogP contribution is -2.15. The summed E-state index contributed by atoms with van der Waals surface area (Å²) >= 11 is 0. The topological polar surface area (TPSA) is 80.3 Å². The van der Waals surface area contributed by atoms with Crippen LogP contribution in [-0.2, 0) is 4.74 Å². The number of nitrogens with zero attached hydrogens (tertiary/aromatic N) is 1. The molecule has 2 aromatic carbocycles. The van der Waals surface area contributed by atoms with E-state index in [0.717, 1.165) is 11.3 Å². The Hall–Kier alpha value is -3.67. The highest BCUT2D eigenvalue weighted by Gasteiger charge is 2.14. The predicted octanol–water partition coefficient (Wildman–Crippen LogP) is 4.17. The maximum atomic E-state index is 12.6. The van der Waals surface area contributed by atoms with Crippen LogP contribution in [0.3, 0.4) is 0 Å². The standard InChI is InChI=1S/C21H19N3O3/c1-14-7-9-16(10-8-14)23-17-11-15(12-22-13-17)20(25)24-19-6-4-3-5-18(19)21(26)27-2/h3-13,23H,1-2H3,(H,24,25). The van der Waals surface area contributed by atoms with Crippen LogP contribution in [0.15, 0.2) is 67.0 Å². The van der Waals surface area contributed by atoms with Crippen molar-refractivity contribution < 1.29 is 14.3 Å². The van der Waals surface area contributed by atoms with Crippen LogP contribution in [0.4, 0.5) is 17.1 Å². The minimum atomic E-state index is -0.515. The summed E-state index contributed by atoms with van der Waals surface area (Å²) < 4.78 is 4.75. The second kappa shape index (κ2) is 8.14. The van der Waals surface area contributed by atoms with Gasteiger partial charge >= 0.3 is 5.97 Å². The number of carbonyl (C=O) groups excluding carboxylic acids is 2. The van der Waals surface area contributed by atoms with Crippen molar-refractivity contribution in [1.82, 2.24) is 4.98 Å². The minimum Gasteiger partial charge on any atom is -0.465 e. The maximum absolute atomic E-state index is 12.6. The summed E-state index contributed by atoms with van der Waals surface area (Å²) in [5.74, 6) is -0.884. The summed E-state index contributed by atoms with van der Waals surface area (Å²) in [6.07, 6.45) is 3.11. The SMILES string of the molecule is COC(=O)c1ccccc1NC(=O)c1cncc(Nc2ccc(C)cc2)c1. The molecule has 0 fully saturated rings. The molecule has 0 aliphatic heterocycles. The largest absolute Gasteiger partial charge is 0.465 e. The number of pyridine rings is 1. The highest BCUT2D eigenvalue weighted by molar-refractivity contribution is 6.08. The van der Waals surface area contributed by atoms with Gasteiger partial charge in [0.2, 0.25) is 0 Å². The second-order valence-electron chi connectivity index (χ2n) is 5.94. The van der Waals surface area contributed by atoms with Crippen LogP contribution in [0.25, 0.3) is 0 Å². The van der Waals surface area contributed by atoms with Gasteiger partial charge in [0.15, 0.2) is 0 Å². The van der Waals surface area contributed by atoms with Gasteiger partial charge in [-0.2, -0.15) is 0 Å². The number of aromatic nitrogens is 1. The maximum Gasteiger partial charge on any atom is 0.339 e. The normalized spacial score (nSPS) is 10.1. The number of benzene rings is 2. The van der Waals surface area contributed by atoms with E-state index in [2.05, 4.69) is 15.6 Å². The van der Waals surface area contributed by atoms with Crippen molar-refractivity contribution in [3.8, 4) is 0 Å². The number of ether oxygens (including phenoxy) is 1. The molecule has 1 aromatic heterocycles. The minimum absolute atomic E-state index is 0.287. The molecule has 0 spiro atoms. The van der Waals surface area contributed by atoms with Gasteiger partial charge in [-0.25, -0.2) is 4.79 Å². The predicted molar refractivity (Wildman–Crippen MR) is 104 cm³/mol. The third-order valence-corrected chi connectivity index (χ3v) is 3.92. The molecule has 0 aliphatic carbocycles. The summed E-state index contributed by atoms with van der Waals surface area (Å²) in [7, 11) is 1.30. The number of amides is 1. The quantitative estimate of drug-likeness (QED) is 0.667. The molecule has 6 heteroatoms. The summed E-state index contributed by atoms with van der Waals surface area (Å²) in [6, 6.07) is 16.3. The van der Waals surface area contributed by atoms with Crippen molar-refractivity contribution in [2.45, 2.75) is 6.92 Å². The summed E-state index contributed by atoms with van der Waals surface area (Å²) in [6.45, 7) is 2.02. The molecule has 0 saturated heterocycles. The van der Waals surface area contributed by atoms with Gasteiger partial charge in [-0.1, -0.05) is 29.8 Å². The van der Waals surface area contributed by atoms with Gasteiger partial charge in [0.1, 0.15) is 0 Å². The van der Waals surface area contributed by atoms with Crippen molar-refractivity contribution in [2.75, 3.05) is 17.7 Å². The molecular formula is C21H19N3O3. The first kappa shape index (κ1) is 18.1. The molecule has 0 radical (unpaired) electrons. The number of anilines is 3. The van der Waals surface area contributed by atoms with Gasteiger partial charge < -0.3 is 15.4 Å². The van der Waals surface area contributed by atoms with Crippen LogP contribution in [0.5, 0.6) is 0 Å². The molecular weight excluding hydrogens is 342 g/mol. The fourth-order valence-corrected chi connectivity index (χ4v) is 2.51. The van der Waals surface area contributed by atoms with Gasteiger partial charge in [0.25, 0.3) is 5.91 Å². The fraction of sp³-hybridized carbons (Fsp3) is 0.0952. The lowest BCUT2D eigenvalue weighted by Gasteiger charge is -2.11. The van der Waals surface area contributed by atoms with Crippen LogP contribution in [0, 0.1) is 6.92 Å². The van der Waals surface area contributed by atoms with Crippen LogP contribution in [-0.4, -0.2) is 24.0 Å². The highest BCUT2D eigenvalue weighted by atomic mass is 16.5. The molecule has 2 N–H and O–H groups in total. The molecule has 0 unspecified atom stereocenters. The second-order valence-corrected chi connectivity index (χ2v) is 5.94. The Morgan fingerprint density at radius 2 is 1.70 bits per heavy atom. The Bertz CT molecular complexity index is 968. The zero-order valence-corrected chi connectivity index (χ0v) is 15.0. The number of rotatable bonds is 5. The van der Waals surface area contributed by atoms with Crippen LogP contribution in [0.1, 0.15) is 26.3 Å². The molecule has 27 heavy (non-hydrogen) atoms. The van der Waals surface area contributed by atoms with Gasteiger partial charge in [-0.05, 0) is 37.3 Å². The van der Waals surface area contributed by atoms with Gasteiger partial charge in [0, 0.05) is 11.9 Å². The number of methoxy groups -OCH3 is 1. The summed E-state index contributed by atoms with van der Waals surface area (Å²) in [5.41, 5.74) is 3.79. The van der Waals surface area contributed by atoms with Crippen LogP contribution < -0.4 is 10.6 Å². The zero-order valence-electron chi connectivity index (χ0n) is 15.0. The van der Waals surface area contributed by atoms with Crippen LogP contribution in [0.2, 0.25) is 0 Å². The molecule has 0 aliphatic rings. The number of carbonyl (C=O) groups is 2. The van der Waals surface area contributed by atoms with Gasteiger partial charge in [0.05, 0.1) is 35.8 Å². The van der Waals surface area contributed by atoms with Crippen molar-refractivity contribution in [2.24, 2.45) is 0 Å².